The van der Waals surface area contributed by atoms with Crippen molar-refractivity contribution in [2.45, 2.75) is 32.4 Å². The number of rotatable bonds is 5. The topological polar surface area (TPSA) is 62.2 Å². The number of urea groups is 1. The highest BCUT2D eigenvalue weighted by Gasteiger charge is 2.15. The molecule has 2 heterocycles. The summed E-state index contributed by atoms with van der Waals surface area (Å²) in [6.07, 6.45) is 6.16. The van der Waals surface area contributed by atoms with Gasteiger partial charge >= 0.3 is 6.03 Å². The number of carbonyl (C=O) groups excluding carboxylic acids is 1. The molecule has 0 aliphatic carbocycles. The van der Waals surface area contributed by atoms with Gasteiger partial charge in [-0.1, -0.05) is 12.1 Å². The van der Waals surface area contributed by atoms with E-state index < -0.39 is 0 Å². The van der Waals surface area contributed by atoms with E-state index >= 15 is 0 Å². The number of nitrogens with zero attached hydrogens (tertiary/aromatic N) is 3. The maximum Gasteiger partial charge on any atom is 0.315 e. The molecule has 2 aromatic rings. The second kappa shape index (κ2) is 7.38. The van der Waals surface area contributed by atoms with Crippen LogP contribution >= 0.6 is 0 Å². The number of aryl methyl sites for hydroxylation is 1. The van der Waals surface area contributed by atoms with Crippen LogP contribution in [0.5, 0.6) is 0 Å². The third-order valence-corrected chi connectivity index (χ3v) is 4.40. The fourth-order valence-corrected chi connectivity index (χ4v) is 3.04. The third-order valence-electron chi connectivity index (χ3n) is 4.40. The lowest BCUT2D eigenvalue weighted by Gasteiger charge is -2.21. The van der Waals surface area contributed by atoms with Crippen LogP contribution in [0.1, 0.15) is 36.9 Å². The fraction of sp³-hybridized carbons (Fsp3) is 0.444. The Morgan fingerprint density at radius 3 is 2.83 bits per heavy atom. The van der Waals surface area contributed by atoms with Gasteiger partial charge in [0, 0.05) is 44.1 Å². The summed E-state index contributed by atoms with van der Waals surface area (Å²) in [6.45, 7) is 4.72. The molecule has 0 saturated carbocycles. The van der Waals surface area contributed by atoms with E-state index in [1.807, 2.05) is 20.2 Å². The summed E-state index contributed by atoms with van der Waals surface area (Å²) in [6, 6.07) is 8.24. The van der Waals surface area contributed by atoms with E-state index in [0.717, 1.165) is 24.2 Å². The molecule has 1 atom stereocenters. The molecule has 128 valence electrons. The lowest BCUT2D eigenvalue weighted by atomic mass is 10.1. The molecule has 24 heavy (non-hydrogen) atoms. The van der Waals surface area contributed by atoms with Crippen molar-refractivity contribution in [3.05, 3.63) is 47.8 Å². The molecule has 2 N–H and O–H groups in total. The van der Waals surface area contributed by atoms with Crippen molar-refractivity contribution >= 4 is 11.7 Å². The highest BCUT2D eigenvalue weighted by atomic mass is 16.2. The van der Waals surface area contributed by atoms with Gasteiger partial charge in [0.2, 0.25) is 0 Å². The normalized spacial score (nSPS) is 15.3. The first-order chi connectivity index (χ1) is 11.6. The number of hydrogen-bond acceptors (Lipinski definition) is 3. The summed E-state index contributed by atoms with van der Waals surface area (Å²) in [5, 5.41) is 9.95. The van der Waals surface area contributed by atoms with Crippen LogP contribution in [0.2, 0.25) is 0 Å². The highest BCUT2D eigenvalue weighted by Crippen LogP contribution is 2.23. The smallest absolute Gasteiger partial charge is 0.315 e. The van der Waals surface area contributed by atoms with Gasteiger partial charge in [-0.25, -0.2) is 4.79 Å². The molecule has 1 aliphatic heterocycles. The van der Waals surface area contributed by atoms with Gasteiger partial charge in [-0.3, -0.25) is 4.68 Å². The van der Waals surface area contributed by atoms with Gasteiger partial charge in [0.05, 0.1) is 12.2 Å². The number of nitrogens with one attached hydrogen (secondary N) is 2. The highest BCUT2D eigenvalue weighted by molar-refractivity contribution is 5.74. The molecule has 0 unspecified atom stereocenters. The van der Waals surface area contributed by atoms with Crippen molar-refractivity contribution in [1.29, 1.82) is 0 Å². The summed E-state index contributed by atoms with van der Waals surface area (Å²) < 4.78 is 1.72. The van der Waals surface area contributed by atoms with E-state index in [1.54, 1.807) is 10.9 Å². The van der Waals surface area contributed by atoms with Crippen LogP contribution in [-0.2, 0) is 13.6 Å². The Balaban J connectivity index is 1.54. The van der Waals surface area contributed by atoms with E-state index in [2.05, 4.69) is 44.9 Å². The molecule has 0 spiro atoms. The predicted molar refractivity (Wildman–Crippen MR) is 94.9 cm³/mol. The Bertz CT molecular complexity index is 690. The number of amides is 2. The molecule has 6 heteroatoms. The van der Waals surface area contributed by atoms with Crippen molar-refractivity contribution in [1.82, 2.24) is 20.4 Å². The minimum atomic E-state index is -0.169. The molecule has 1 fully saturated rings. The molecule has 1 aromatic heterocycles. The summed E-state index contributed by atoms with van der Waals surface area (Å²) in [5.41, 5.74) is 3.35. The minimum absolute atomic E-state index is 0.0403. The first-order valence-corrected chi connectivity index (χ1v) is 8.48. The standard InChI is InChI=1S/C18H25N5O/c1-14(21-18(24)19-11-15-12-20-22(2)13-15)16-6-5-7-17(10-16)23-8-3-4-9-23/h5-7,10,12-14H,3-4,8-9,11H2,1-2H3,(H2,19,21,24)/t14-/m0/s1. The minimum Gasteiger partial charge on any atom is -0.372 e. The zero-order valence-corrected chi connectivity index (χ0v) is 14.3. The first kappa shape index (κ1) is 16.4. The molecule has 2 amide bonds. The van der Waals surface area contributed by atoms with Crippen LogP contribution in [-0.4, -0.2) is 28.9 Å². The molecule has 6 nitrogen and oxygen atoms in total. The quantitative estimate of drug-likeness (QED) is 0.887. The van der Waals surface area contributed by atoms with Gasteiger partial charge in [0.25, 0.3) is 0 Å². The largest absolute Gasteiger partial charge is 0.372 e. The lowest BCUT2D eigenvalue weighted by Crippen LogP contribution is -2.36. The number of benzene rings is 1. The molecular weight excluding hydrogens is 302 g/mol. The van der Waals surface area contributed by atoms with E-state index in [0.29, 0.717) is 6.54 Å². The maximum absolute atomic E-state index is 12.1. The van der Waals surface area contributed by atoms with Gasteiger partial charge in [-0.15, -0.1) is 0 Å². The van der Waals surface area contributed by atoms with Gasteiger partial charge in [0.15, 0.2) is 0 Å². The SMILES string of the molecule is C[C@H](NC(=O)NCc1cnn(C)c1)c1cccc(N2CCCC2)c1. The Hall–Kier alpha value is -2.50. The van der Waals surface area contributed by atoms with E-state index in [4.69, 9.17) is 0 Å². The second-order valence-electron chi connectivity index (χ2n) is 6.36. The zero-order chi connectivity index (χ0) is 16.9. The fourth-order valence-electron chi connectivity index (χ4n) is 3.04. The van der Waals surface area contributed by atoms with E-state index in [1.165, 1.54) is 18.5 Å². The van der Waals surface area contributed by atoms with Crippen LogP contribution in [0.15, 0.2) is 36.7 Å². The van der Waals surface area contributed by atoms with Crippen LogP contribution in [0.25, 0.3) is 0 Å². The zero-order valence-electron chi connectivity index (χ0n) is 14.3. The maximum atomic E-state index is 12.1. The van der Waals surface area contributed by atoms with Gasteiger partial charge in [0.1, 0.15) is 0 Å². The lowest BCUT2D eigenvalue weighted by molar-refractivity contribution is 0.237. The van der Waals surface area contributed by atoms with E-state index in [9.17, 15) is 4.79 Å². The summed E-state index contributed by atoms with van der Waals surface area (Å²) in [7, 11) is 1.86. The second-order valence-corrected chi connectivity index (χ2v) is 6.36. The number of aromatic nitrogens is 2. The van der Waals surface area contributed by atoms with Crippen molar-refractivity contribution in [3.63, 3.8) is 0 Å². The number of hydrogen-bond donors (Lipinski definition) is 2. The van der Waals surface area contributed by atoms with Crippen LogP contribution in [0, 0.1) is 0 Å². The Morgan fingerprint density at radius 1 is 1.33 bits per heavy atom. The van der Waals surface area contributed by atoms with Crippen molar-refractivity contribution in [2.75, 3.05) is 18.0 Å². The average Bonchev–Trinajstić information content (AvgIpc) is 3.24. The molecule has 0 radical (unpaired) electrons. The summed E-state index contributed by atoms with van der Waals surface area (Å²) in [4.78, 5) is 14.5. The number of anilines is 1. The Morgan fingerprint density at radius 2 is 2.12 bits per heavy atom. The molecule has 1 saturated heterocycles. The molecule has 3 rings (SSSR count). The van der Waals surface area contributed by atoms with Crippen molar-refractivity contribution in [2.24, 2.45) is 7.05 Å². The predicted octanol–water partition coefficient (Wildman–Crippen LogP) is 2.58. The Labute approximate surface area is 142 Å². The number of carbonyl (C=O) groups is 1. The van der Waals surface area contributed by atoms with Gasteiger partial charge < -0.3 is 15.5 Å². The third kappa shape index (κ3) is 4.07. The van der Waals surface area contributed by atoms with Gasteiger partial charge in [-0.05, 0) is 37.5 Å². The Kier molecular flexibility index (Phi) is 5.03. The molecule has 1 aromatic carbocycles. The molecular formula is C18H25N5O. The monoisotopic (exact) mass is 327 g/mol. The van der Waals surface area contributed by atoms with Crippen LogP contribution < -0.4 is 15.5 Å². The molecule has 0 bridgehead atoms. The summed E-state index contributed by atoms with van der Waals surface area (Å²) in [5.74, 6) is 0. The van der Waals surface area contributed by atoms with Gasteiger partial charge in [-0.2, -0.15) is 5.10 Å². The summed E-state index contributed by atoms with van der Waals surface area (Å²) >= 11 is 0. The van der Waals surface area contributed by atoms with Crippen molar-refractivity contribution < 1.29 is 4.79 Å². The van der Waals surface area contributed by atoms with E-state index in [-0.39, 0.29) is 12.1 Å². The first-order valence-electron chi connectivity index (χ1n) is 8.48. The van der Waals surface area contributed by atoms with Crippen LogP contribution in [0.4, 0.5) is 10.5 Å². The molecule has 1 aliphatic rings. The average molecular weight is 327 g/mol. The van der Waals surface area contributed by atoms with Crippen LogP contribution in [0.3, 0.4) is 0 Å². The van der Waals surface area contributed by atoms with Crippen molar-refractivity contribution in [3.8, 4) is 0 Å².